The minimum atomic E-state index is -0.623. The number of benzene rings is 1. The van der Waals surface area contributed by atoms with Crippen molar-refractivity contribution in [3.8, 4) is 5.69 Å². The number of aryl methyl sites for hydroxylation is 2. The fraction of sp³-hybridized carbons (Fsp3) is 0.176. The molecule has 0 atom stereocenters. The first kappa shape index (κ1) is 17.3. The molecule has 2 heterocycles. The van der Waals surface area contributed by atoms with Gasteiger partial charge in [-0.25, -0.2) is 9.07 Å². The number of aromatic nitrogens is 3. The zero-order valence-electron chi connectivity index (χ0n) is 14.3. The number of carbonyl (C=O) groups is 2. The van der Waals surface area contributed by atoms with E-state index in [9.17, 15) is 14.0 Å². The van der Waals surface area contributed by atoms with Crippen molar-refractivity contribution in [1.82, 2.24) is 25.8 Å². The molecule has 2 aromatic heterocycles. The molecular formula is C17H16FN5O3. The van der Waals surface area contributed by atoms with Gasteiger partial charge in [0, 0.05) is 0 Å². The lowest BCUT2D eigenvalue weighted by molar-refractivity contribution is 0.0842. The predicted molar refractivity (Wildman–Crippen MR) is 89.2 cm³/mol. The van der Waals surface area contributed by atoms with Crippen LogP contribution in [0.4, 0.5) is 4.39 Å². The highest BCUT2D eigenvalue weighted by molar-refractivity contribution is 5.99. The number of halogens is 1. The Kier molecular flexibility index (Phi) is 4.53. The Balaban J connectivity index is 1.72. The van der Waals surface area contributed by atoms with E-state index < -0.39 is 11.8 Å². The number of nitrogens with zero attached hydrogens (tertiary/aromatic N) is 3. The second kappa shape index (κ2) is 6.79. The molecule has 26 heavy (non-hydrogen) atoms. The van der Waals surface area contributed by atoms with Crippen molar-refractivity contribution in [1.29, 1.82) is 0 Å². The summed E-state index contributed by atoms with van der Waals surface area (Å²) in [7, 11) is 0. The zero-order valence-corrected chi connectivity index (χ0v) is 14.3. The normalized spacial score (nSPS) is 10.6. The van der Waals surface area contributed by atoms with Gasteiger partial charge in [-0.1, -0.05) is 5.21 Å². The van der Waals surface area contributed by atoms with Gasteiger partial charge in [-0.3, -0.25) is 20.4 Å². The first-order chi connectivity index (χ1) is 12.4. The van der Waals surface area contributed by atoms with E-state index >= 15 is 0 Å². The molecule has 1 aromatic carbocycles. The Morgan fingerprint density at radius 1 is 1.08 bits per heavy atom. The number of furan rings is 1. The zero-order chi connectivity index (χ0) is 18.8. The Morgan fingerprint density at radius 2 is 1.73 bits per heavy atom. The molecule has 3 aromatic rings. The lowest BCUT2D eigenvalue weighted by Crippen LogP contribution is -2.42. The summed E-state index contributed by atoms with van der Waals surface area (Å²) in [6.07, 6.45) is 0. The second-order valence-corrected chi connectivity index (χ2v) is 5.65. The molecular weight excluding hydrogens is 341 g/mol. The highest BCUT2D eigenvalue weighted by atomic mass is 19.1. The van der Waals surface area contributed by atoms with Gasteiger partial charge in [0.2, 0.25) is 0 Å². The maximum absolute atomic E-state index is 13.0. The van der Waals surface area contributed by atoms with E-state index in [-0.39, 0.29) is 11.5 Å². The predicted octanol–water partition coefficient (Wildman–Crippen LogP) is 2.00. The van der Waals surface area contributed by atoms with Crippen LogP contribution in [-0.2, 0) is 0 Å². The van der Waals surface area contributed by atoms with Gasteiger partial charge in [0.05, 0.1) is 16.9 Å². The minimum absolute atomic E-state index is 0.0368. The van der Waals surface area contributed by atoms with E-state index in [1.807, 2.05) is 0 Å². The molecule has 2 N–H and O–H groups in total. The average molecular weight is 357 g/mol. The monoisotopic (exact) mass is 357 g/mol. The van der Waals surface area contributed by atoms with Gasteiger partial charge in [-0.05, 0) is 51.1 Å². The van der Waals surface area contributed by atoms with Crippen LogP contribution in [0.2, 0.25) is 0 Å². The van der Waals surface area contributed by atoms with E-state index in [4.69, 9.17) is 4.42 Å². The molecule has 134 valence electrons. The molecule has 0 radical (unpaired) electrons. The third-order valence-corrected chi connectivity index (χ3v) is 3.76. The van der Waals surface area contributed by atoms with Crippen LogP contribution >= 0.6 is 0 Å². The number of amides is 2. The summed E-state index contributed by atoms with van der Waals surface area (Å²) in [5, 5.41) is 7.72. The molecule has 0 aliphatic heterocycles. The van der Waals surface area contributed by atoms with Crippen molar-refractivity contribution in [2.24, 2.45) is 0 Å². The molecule has 0 aliphatic carbocycles. The van der Waals surface area contributed by atoms with Gasteiger partial charge in [-0.2, -0.15) is 0 Å². The number of hydrogen-bond acceptors (Lipinski definition) is 5. The van der Waals surface area contributed by atoms with Gasteiger partial charge < -0.3 is 4.42 Å². The van der Waals surface area contributed by atoms with Crippen LogP contribution in [0.3, 0.4) is 0 Å². The third-order valence-electron chi connectivity index (χ3n) is 3.76. The van der Waals surface area contributed by atoms with Gasteiger partial charge in [0.1, 0.15) is 17.3 Å². The Labute approximate surface area is 148 Å². The largest absolute Gasteiger partial charge is 0.466 e. The van der Waals surface area contributed by atoms with Crippen LogP contribution in [0.25, 0.3) is 5.69 Å². The summed E-state index contributed by atoms with van der Waals surface area (Å²) in [4.78, 5) is 24.4. The van der Waals surface area contributed by atoms with Crippen LogP contribution in [0.5, 0.6) is 0 Å². The van der Waals surface area contributed by atoms with E-state index in [0.29, 0.717) is 28.5 Å². The van der Waals surface area contributed by atoms with Crippen molar-refractivity contribution in [2.75, 3.05) is 0 Å². The van der Waals surface area contributed by atoms with E-state index in [2.05, 4.69) is 21.2 Å². The lowest BCUT2D eigenvalue weighted by Gasteiger charge is -2.06. The highest BCUT2D eigenvalue weighted by Crippen LogP contribution is 2.14. The van der Waals surface area contributed by atoms with Crippen molar-refractivity contribution < 1.29 is 18.4 Å². The fourth-order valence-corrected chi connectivity index (χ4v) is 2.46. The molecule has 0 spiro atoms. The summed E-state index contributed by atoms with van der Waals surface area (Å²) in [5.41, 5.74) is 5.97. The van der Waals surface area contributed by atoms with Gasteiger partial charge in [0.25, 0.3) is 11.8 Å². The van der Waals surface area contributed by atoms with Gasteiger partial charge in [0.15, 0.2) is 5.69 Å². The standard InChI is InChI=1S/C17H16FN5O3/c1-9-8-14(11(3)26-9)16(24)20-21-17(25)15-10(2)23(22-19-15)13-6-4-12(18)5-7-13/h4-8H,1-3H3,(H,20,24)(H,21,25). The number of hydrazine groups is 1. The summed E-state index contributed by atoms with van der Waals surface area (Å²) in [6, 6.07) is 7.18. The molecule has 0 saturated heterocycles. The van der Waals surface area contributed by atoms with E-state index in [1.165, 1.54) is 28.9 Å². The molecule has 8 nitrogen and oxygen atoms in total. The maximum Gasteiger partial charge on any atom is 0.292 e. The first-order valence-corrected chi connectivity index (χ1v) is 7.73. The molecule has 0 aliphatic rings. The van der Waals surface area contributed by atoms with E-state index in [1.54, 1.807) is 26.8 Å². The summed E-state index contributed by atoms with van der Waals surface area (Å²) in [5.74, 6) is -0.458. The Bertz CT molecular complexity index is 975. The Hall–Kier alpha value is -3.49. The van der Waals surface area contributed by atoms with Crippen LogP contribution < -0.4 is 10.9 Å². The molecule has 2 amide bonds. The fourth-order valence-electron chi connectivity index (χ4n) is 2.46. The third kappa shape index (κ3) is 3.32. The van der Waals surface area contributed by atoms with E-state index in [0.717, 1.165) is 0 Å². The topological polar surface area (TPSA) is 102 Å². The van der Waals surface area contributed by atoms with Crippen molar-refractivity contribution in [2.45, 2.75) is 20.8 Å². The molecule has 0 bridgehead atoms. The van der Waals surface area contributed by atoms with Crippen molar-refractivity contribution in [3.63, 3.8) is 0 Å². The minimum Gasteiger partial charge on any atom is -0.466 e. The quantitative estimate of drug-likeness (QED) is 0.698. The van der Waals surface area contributed by atoms with Crippen LogP contribution in [0.1, 0.15) is 38.1 Å². The van der Waals surface area contributed by atoms with Crippen LogP contribution in [0, 0.1) is 26.6 Å². The Morgan fingerprint density at radius 3 is 2.35 bits per heavy atom. The van der Waals surface area contributed by atoms with Gasteiger partial charge >= 0.3 is 0 Å². The molecule has 3 rings (SSSR count). The molecule has 0 saturated carbocycles. The summed E-state index contributed by atoms with van der Waals surface area (Å²) in [6.45, 7) is 5.02. The van der Waals surface area contributed by atoms with Crippen LogP contribution in [0.15, 0.2) is 34.7 Å². The number of hydrogen-bond donors (Lipinski definition) is 2. The average Bonchev–Trinajstić information content (AvgIpc) is 3.15. The maximum atomic E-state index is 13.0. The van der Waals surface area contributed by atoms with Crippen molar-refractivity contribution in [3.05, 3.63) is 64.6 Å². The number of rotatable bonds is 3. The van der Waals surface area contributed by atoms with Crippen LogP contribution in [-0.4, -0.2) is 26.8 Å². The molecule has 0 unspecified atom stereocenters. The highest BCUT2D eigenvalue weighted by Gasteiger charge is 2.19. The lowest BCUT2D eigenvalue weighted by atomic mass is 10.2. The SMILES string of the molecule is Cc1cc(C(=O)NNC(=O)c2nnn(-c3ccc(F)cc3)c2C)c(C)o1. The van der Waals surface area contributed by atoms with Gasteiger partial charge in [-0.15, -0.1) is 5.10 Å². The molecule has 0 fully saturated rings. The smallest absolute Gasteiger partial charge is 0.292 e. The first-order valence-electron chi connectivity index (χ1n) is 7.73. The molecule has 9 heteroatoms. The number of nitrogens with one attached hydrogen (secondary N) is 2. The van der Waals surface area contributed by atoms with Crippen molar-refractivity contribution >= 4 is 11.8 Å². The number of carbonyl (C=O) groups excluding carboxylic acids is 2. The second-order valence-electron chi connectivity index (χ2n) is 5.65. The summed E-state index contributed by atoms with van der Waals surface area (Å²) < 4.78 is 19.7. The summed E-state index contributed by atoms with van der Waals surface area (Å²) >= 11 is 0.